The molecule has 1 fully saturated rings. The number of H-pyrrole nitrogens is 1. The van der Waals surface area contributed by atoms with Crippen molar-refractivity contribution < 1.29 is 8.78 Å². The van der Waals surface area contributed by atoms with Crippen LogP contribution in [0.25, 0.3) is 11.0 Å². The maximum atomic E-state index is 14.6. The molecule has 0 aliphatic carbocycles. The first-order valence-electron chi connectivity index (χ1n) is 9.09. The second-order valence-electron chi connectivity index (χ2n) is 7.12. The van der Waals surface area contributed by atoms with Crippen molar-refractivity contribution in [3.63, 3.8) is 0 Å². The number of hydrogen-bond donors (Lipinski definition) is 2. The number of aryl methyl sites for hydroxylation is 1. The van der Waals surface area contributed by atoms with E-state index in [1.165, 1.54) is 18.5 Å². The van der Waals surface area contributed by atoms with Crippen LogP contribution in [-0.2, 0) is 5.92 Å². The van der Waals surface area contributed by atoms with Gasteiger partial charge in [0.15, 0.2) is 5.65 Å². The van der Waals surface area contributed by atoms with Gasteiger partial charge in [0.1, 0.15) is 12.1 Å². The van der Waals surface area contributed by atoms with Crippen LogP contribution in [0, 0.1) is 6.92 Å². The van der Waals surface area contributed by atoms with E-state index in [1.807, 2.05) is 11.8 Å². The summed E-state index contributed by atoms with van der Waals surface area (Å²) < 4.78 is 29.1. The van der Waals surface area contributed by atoms with Gasteiger partial charge in [-0.2, -0.15) is 13.9 Å². The molecule has 0 unspecified atom stereocenters. The standard InChI is InChI=1S/C19H22F2N6/c1-13-2-4-14(5-3-13)19(20,21)11-27-8-6-15(7-9-27)25-17-16-10-24-26-18(16)23-12-22-17/h2-5,10,12,15H,6-9,11H2,1H3,(H2,22,23,24,25,26). The second kappa shape index (κ2) is 7.19. The van der Waals surface area contributed by atoms with Gasteiger partial charge in [-0.1, -0.05) is 29.8 Å². The first-order chi connectivity index (χ1) is 13.0. The number of nitrogens with zero attached hydrogens (tertiary/aromatic N) is 4. The number of rotatable bonds is 5. The topological polar surface area (TPSA) is 69.7 Å². The third-order valence-electron chi connectivity index (χ3n) is 5.07. The van der Waals surface area contributed by atoms with E-state index in [4.69, 9.17) is 0 Å². The van der Waals surface area contributed by atoms with E-state index in [0.29, 0.717) is 18.7 Å². The number of aromatic amines is 1. The summed E-state index contributed by atoms with van der Waals surface area (Å²) in [4.78, 5) is 10.2. The molecule has 0 atom stereocenters. The lowest BCUT2D eigenvalue weighted by molar-refractivity contribution is -0.0421. The number of halogens is 2. The van der Waals surface area contributed by atoms with Gasteiger partial charge in [-0.05, 0) is 19.8 Å². The van der Waals surface area contributed by atoms with Gasteiger partial charge < -0.3 is 5.32 Å². The summed E-state index contributed by atoms with van der Waals surface area (Å²) in [5.41, 5.74) is 1.75. The number of piperidine rings is 1. The molecule has 1 aliphatic heterocycles. The van der Waals surface area contributed by atoms with Crippen LogP contribution >= 0.6 is 0 Å². The number of anilines is 1. The molecule has 142 valence electrons. The van der Waals surface area contributed by atoms with Crippen LogP contribution in [0.1, 0.15) is 24.0 Å². The molecule has 3 aromatic rings. The van der Waals surface area contributed by atoms with Crippen molar-refractivity contribution in [1.82, 2.24) is 25.1 Å². The summed E-state index contributed by atoms with van der Waals surface area (Å²) in [6.07, 6.45) is 4.75. The number of aromatic nitrogens is 4. The molecule has 2 aromatic heterocycles. The molecular formula is C19H22F2N6. The highest BCUT2D eigenvalue weighted by atomic mass is 19.3. The number of hydrogen-bond acceptors (Lipinski definition) is 5. The molecule has 3 heterocycles. The largest absolute Gasteiger partial charge is 0.367 e. The molecule has 0 bridgehead atoms. The van der Waals surface area contributed by atoms with Crippen LogP contribution in [0.15, 0.2) is 36.8 Å². The smallest absolute Gasteiger partial charge is 0.285 e. The normalized spacial score (nSPS) is 16.7. The average Bonchev–Trinajstić information content (AvgIpc) is 3.13. The number of fused-ring (bicyclic) bond motifs is 1. The predicted octanol–water partition coefficient (Wildman–Crippen LogP) is 3.33. The third-order valence-corrected chi connectivity index (χ3v) is 5.07. The van der Waals surface area contributed by atoms with Crippen molar-refractivity contribution in [1.29, 1.82) is 0 Å². The first kappa shape index (κ1) is 17.8. The van der Waals surface area contributed by atoms with Gasteiger partial charge in [0.05, 0.1) is 18.1 Å². The molecule has 1 aliphatic rings. The Morgan fingerprint density at radius 3 is 2.67 bits per heavy atom. The molecule has 0 spiro atoms. The molecule has 0 radical (unpaired) electrons. The maximum Gasteiger partial charge on any atom is 0.285 e. The van der Waals surface area contributed by atoms with Crippen LogP contribution in [0.4, 0.5) is 14.6 Å². The zero-order valence-corrected chi connectivity index (χ0v) is 15.1. The SMILES string of the molecule is Cc1ccc(C(F)(F)CN2CCC(Nc3ncnc4[nH]ncc34)CC2)cc1. The van der Waals surface area contributed by atoms with Crippen LogP contribution < -0.4 is 5.32 Å². The lowest BCUT2D eigenvalue weighted by atomic mass is 10.0. The number of likely N-dealkylation sites (tertiary alicyclic amines) is 1. The second-order valence-corrected chi connectivity index (χ2v) is 7.12. The Balaban J connectivity index is 1.35. The molecule has 1 saturated heterocycles. The quantitative estimate of drug-likeness (QED) is 0.719. The highest BCUT2D eigenvalue weighted by Crippen LogP contribution is 2.30. The minimum absolute atomic E-state index is 0.0803. The molecule has 1 aromatic carbocycles. The van der Waals surface area contributed by atoms with E-state index in [0.717, 1.165) is 29.6 Å². The summed E-state index contributed by atoms with van der Waals surface area (Å²) in [5, 5.41) is 11.0. The molecule has 8 heteroatoms. The zero-order chi connectivity index (χ0) is 18.9. The molecular weight excluding hydrogens is 350 g/mol. The molecule has 27 heavy (non-hydrogen) atoms. The Morgan fingerprint density at radius 2 is 1.93 bits per heavy atom. The van der Waals surface area contributed by atoms with Gasteiger partial charge in [-0.3, -0.25) is 10.00 Å². The highest BCUT2D eigenvalue weighted by Gasteiger charge is 2.35. The van der Waals surface area contributed by atoms with Crippen LogP contribution in [-0.4, -0.2) is 50.7 Å². The summed E-state index contributed by atoms with van der Waals surface area (Å²) in [7, 11) is 0. The van der Waals surface area contributed by atoms with E-state index in [2.05, 4.69) is 25.5 Å². The van der Waals surface area contributed by atoms with Crippen LogP contribution in [0.2, 0.25) is 0 Å². The Kier molecular flexibility index (Phi) is 4.73. The van der Waals surface area contributed by atoms with Gasteiger partial charge in [0.25, 0.3) is 5.92 Å². The van der Waals surface area contributed by atoms with Crippen molar-refractivity contribution in [2.24, 2.45) is 0 Å². The fourth-order valence-electron chi connectivity index (χ4n) is 3.48. The fourth-order valence-corrected chi connectivity index (χ4v) is 3.48. The van der Waals surface area contributed by atoms with Gasteiger partial charge in [0, 0.05) is 24.7 Å². The summed E-state index contributed by atoms with van der Waals surface area (Å²) in [6.45, 7) is 2.90. The lowest BCUT2D eigenvalue weighted by Gasteiger charge is -2.34. The monoisotopic (exact) mass is 372 g/mol. The van der Waals surface area contributed by atoms with E-state index in [1.54, 1.807) is 18.3 Å². The predicted molar refractivity (Wildman–Crippen MR) is 99.8 cm³/mol. The number of benzene rings is 1. The van der Waals surface area contributed by atoms with Crippen molar-refractivity contribution in [2.75, 3.05) is 25.0 Å². The van der Waals surface area contributed by atoms with Gasteiger partial charge in [-0.15, -0.1) is 0 Å². The Labute approximate surface area is 156 Å². The molecule has 2 N–H and O–H groups in total. The average molecular weight is 372 g/mol. The fraction of sp³-hybridized carbons (Fsp3) is 0.421. The molecule has 4 rings (SSSR count). The van der Waals surface area contributed by atoms with Crippen molar-refractivity contribution in [3.8, 4) is 0 Å². The van der Waals surface area contributed by atoms with Gasteiger partial charge in [-0.25, -0.2) is 9.97 Å². The van der Waals surface area contributed by atoms with Crippen LogP contribution in [0.5, 0.6) is 0 Å². The molecule has 6 nitrogen and oxygen atoms in total. The van der Waals surface area contributed by atoms with Crippen LogP contribution in [0.3, 0.4) is 0 Å². The van der Waals surface area contributed by atoms with Gasteiger partial charge in [0.2, 0.25) is 0 Å². The zero-order valence-electron chi connectivity index (χ0n) is 15.1. The highest BCUT2D eigenvalue weighted by molar-refractivity contribution is 5.85. The number of nitrogens with one attached hydrogen (secondary N) is 2. The van der Waals surface area contributed by atoms with E-state index >= 15 is 0 Å². The summed E-state index contributed by atoms with van der Waals surface area (Å²) in [6, 6.07) is 6.71. The first-order valence-corrected chi connectivity index (χ1v) is 9.09. The van der Waals surface area contributed by atoms with Crippen molar-refractivity contribution >= 4 is 16.9 Å². The maximum absolute atomic E-state index is 14.6. The third kappa shape index (κ3) is 3.90. The summed E-state index contributed by atoms with van der Waals surface area (Å²) in [5.74, 6) is -2.11. The minimum Gasteiger partial charge on any atom is -0.367 e. The van der Waals surface area contributed by atoms with Crippen molar-refractivity contribution in [3.05, 3.63) is 47.9 Å². The molecule has 0 amide bonds. The molecule has 0 saturated carbocycles. The van der Waals surface area contributed by atoms with Crippen molar-refractivity contribution in [2.45, 2.75) is 31.7 Å². The Morgan fingerprint density at radius 1 is 1.19 bits per heavy atom. The Hall–Kier alpha value is -2.61. The number of alkyl halides is 2. The van der Waals surface area contributed by atoms with Gasteiger partial charge >= 0.3 is 0 Å². The summed E-state index contributed by atoms with van der Waals surface area (Å²) >= 11 is 0. The minimum atomic E-state index is -2.84. The van der Waals surface area contributed by atoms with E-state index in [9.17, 15) is 8.78 Å². The Bertz CT molecular complexity index is 900. The van der Waals surface area contributed by atoms with E-state index in [-0.39, 0.29) is 18.2 Å². The van der Waals surface area contributed by atoms with E-state index < -0.39 is 5.92 Å². The lowest BCUT2D eigenvalue weighted by Crippen LogP contribution is -2.43.